The fourth-order valence-corrected chi connectivity index (χ4v) is 2.00. The van der Waals surface area contributed by atoms with Gasteiger partial charge in [-0.15, -0.1) is 0 Å². The molecule has 1 saturated heterocycles. The molecule has 1 fully saturated rings. The maximum atomic E-state index is 5.43. The van der Waals surface area contributed by atoms with Crippen molar-refractivity contribution in [2.24, 2.45) is 0 Å². The fraction of sp³-hybridized carbons (Fsp3) is 0.455. The Morgan fingerprint density at radius 1 is 1.50 bits per heavy atom. The Bertz CT molecular complexity index is 321. The van der Waals surface area contributed by atoms with Gasteiger partial charge in [0.25, 0.3) is 0 Å². The summed E-state index contributed by atoms with van der Waals surface area (Å²) in [6, 6.07) is 6.81. The van der Waals surface area contributed by atoms with Crippen molar-refractivity contribution in [3.8, 4) is 0 Å². The Morgan fingerprint density at radius 2 is 2.36 bits per heavy atom. The van der Waals surface area contributed by atoms with E-state index in [-0.39, 0.29) is 0 Å². The zero-order valence-corrected chi connectivity index (χ0v) is 9.80. The van der Waals surface area contributed by atoms with Crippen molar-refractivity contribution in [3.63, 3.8) is 0 Å². The van der Waals surface area contributed by atoms with Gasteiger partial charge in [0.1, 0.15) is 0 Å². The van der Waals surface area contributed by atoms with Gasteiger partial charge in [0.2, 0.25) is 0 Å². The van der Waals surface area contributed by atoms with Gasteiger partial charge in [0.05, 0.1) is 19.3 Å². The molecule has 0 spiro atoms. The number of aryl methyl sites for hydroxylation is 1. The molecule has 2 rings (SSSR count). The summed E-state index contributed by atoms with van der Waals surface area (Å²) in [5.41, 5.74) is 2.56. The van der Waals surface area contributed by atoms with E-state index < -0.39 is 0 Å². The zero-order valence-electron chi connectivity index (χ0n) is 8.22. The number of hydrogen-bond acceptors (Lipinski definition) is 2. The number of benzene rings is 1. The van der Waals surface area contributed by atoms with Crippen LogP contribution in [0.3, 0.4) is 0 Å². The molecule has 1 N–H and O–H groups in total. The minimum atomic E-state index is 0.348. The minimum Gasteiger partial charge on any atom is -0.378 e. The maximum Gasteiger partial charge on any atom is 0.0662 e. The van der Waals surface area contributed by atoms with Gasteiger partial charge in [-0.2, -0.15) is 0 Å². The van der Waals surface area contributed by atoms with Gasteiger partial charge in [-0.3, -0.25) is 0 Å². The second-order valence-electron chi connectivity index (χ2n) is 3.59. The molecule has 0 aromatic heterocycles. The molecule has 1 aliphatic rings. The van der Waals surface area contributed by atoms with Crippen LogP contribution in [-0.2, 0) is 4.74 Å². The van der Waals surface area contributed by atoms with E-state index in [1.807, 2.05) is 0 Å². The third-order valence-corrected chi connectivity index (χ3v) is 3.37. The topological polar surface area (TPSA) is 21.3 Å². The van der Waals surface area contributed by atoms with Crippen LogP contribution in [0.1, 0.15) is 17.2 Å². The summed E-state index contributed by atoms with van der Waals surface area (Å²) in [5, 5.41) is 3.44. The molecular formula is C11H14BrNO. The predicted octanol–water partition coefficient (Wildman–Crippen LogP) is 2.42. The molecule has 1 aliphatic heterocycles. The lowest BCUT2D eigenvalue weighted by Gasteiger charge is -2.24. The molecule has 0 bridgehead atoms. The molecule has 1 unspecified atom stereocenters. The van der Waals surface area contributed by atoms with Crippen LogP contribution < -0.4 is 5.32 Å². The lowest BCUT2D eigenvalue weighted by Crippen LogP contribution is -2.34. The van der Waals surface area contributed by atoms with Gasteiger partial charge in [0, 0.05) is 11.0 Å². The number of halogens is 1. The minimum absolute atomic E-state index is 0.348. The molecule has 76 valence electrons. The molecule has 0 saturated carbocycles. The summed E-state index contributed by atoms with van der Waals surface area (Å²) in [5.74, 6) is 0. The Hall–Kier alpha value is -0.380. The Kier molecular flexibility index (Phi) is 3.21. The molecule has 2 nitrogen and oxygen atoms in total. The van der Waals surface area contributed by atoms with Crippen molar-refractivity contribution in [1.29, 1.82) is 0 Å². The van der Waals surface area contributed by atoms with Crippen LogP contribution >= 0.6 is 15.9 Å². The summed E-state index contributed by atoms with van der Waals surface area (Å²) in [4.78, 5) is 0. The highest BCUT2D eigenvalue weighted by molar-refractivity contribution is 9.10. The summed E-state index contributed by atoms with van der Waals surface area (Å²) >= 11 is 3.54. The van der Waals surface area contributed by atoms with Crippen LogP contribution in [-0.4, -0.2) is 19.8 Å². The van der Waals surface area contributed by atoms with E-state index in [9.17, 15) is 0 Å². The van der Waals surface area contributed by atoms with Crippen molar-refractivity contribution in [3.05, 3.63) is 33.8 Å². The molecular weight excluding hydrogens is 242 g/mol. The van der Waals surface area contributed by atoms with Crippen molar-refractivity contribution < 1.29 is 4.74 Å². The molecule has 3 heteroatoms. The van der Waals surface area contributed by atoms with Crippen LogP contribution in [0.2, 0.25) is 0 Å². The van der Waals surface area contributed by atoms with Crippen molar-refractivity contribution in [1.82, 2.24) is 5.32 Å². The Morgan fingerprint density at radius 3 is 3.00 bits per heavy atom. The zero-order chi connectivity index (χ0) is 9.97. The third-order valence-electron chi connectivity index (χ3n) is 2.52. The number of ether oxygens (including phenoxy) is 1. The molecule has 0 radical (unpaired) electrons. The molecule has 0 amide bonds. The van der Waals surface area contributed by atoms with Gasteiger partial charge < -0.3 is 10.1 Å². The summed E-state index contributed by atoms with van der Waals surface area (Å²) in [6.45, 7) is 4.63. The van der Waals surface area contributed by atoms with Crippen LogP contribution in [0.5, 0.6) is 0 Å². The number of morpholine rings is 1. The first kappa shape index (κ1) is 10.1. The van der Waals surface area contributed by atoms with Crippen LogP contribution in [0, 0.1) is 6.92 Å². The lowest BCUT2D eigenvalue weighted by molar-refractivity contribution is 0.0768. The Labute approximate surface area is 92.8 Å². The number of nitrogens with one attached hydrogen (secondary N) is 1. The first-order valence-corrected chi connectivity index (χ1v) is 5.64. The highest BCUT2D eigenvalue weighted by Crippen LogP contribution is 2.22. The van der Waals surface area contributed by atoms with Crippen molar-refractivity contribution in [2.75, 3.05) is 19.8 Å². The quantitative estimate of drug-likeness (QED) is 0.833. The second-order valence-corrected chi connectivity index (χ2v) is 4.44. The van der Waals surface area contributed by atoms with E-state index in [4.69, 9.17) is 4.74 Å². The fourth-order valence-electron chi connectivity index (χ4n) is 1.61. The molecule has 1 atom stereocenters. The molecule has 1 aromatic rings. The van der Waals surface area contributed by atoms with Gasteiger partial charge in [-0.05, 0) is 24.1 Å². The van der Waals surface area contributed by atoms with E-state index in [1.54, 1.807) is 0 Å². The SMILES string of the molecule is Cc1ccc(C2COCCN2)cc1Br. The van der Waals surface area contributed by atoms with Crippen molar-refractivity contribution in [2.45, 2.75) is 13.0 Å². The summed E-state index contributed by atoms with van der Waals surface area (Å²) < 4.78 is 6.60. The average molecular weight is 256 g/mol. The lowest BCUT2D eigenvalue weighted by atomic mass is 10.1. The summed E-state index contributed by atoms with van der Waals surface area (Å²) in [6.07, 6.45) is 0. The Balaban J connectivity index is 2.18. The molecule has 0 aliphatic carbocycles. The number of rotatable bonds is 1. The maximum absolute atomic E-state index is 5.43. The normalized spacial score (nSPS) is 22.3. The molecule has 14 heavy (non-hydrogen) atoms. The van der Waals surface area contributed by atoms with E-state index in [2.05, 4.69) is 46.4 Å². The first-order chi connectivity index (χ1) is 6.77. The average Bonchev–Trinajstić information content (AvgIpc) is 2.23. The van der Waals surface area contributed by atoms with Crippen LogP contribution in [0.25, 0.3) is 0 Å². The smallest absolute Gasteiger partial charge is 0.0662 e. The highest BCUT2D eigenvalue weighted by atomic mass is 79.9. The second kappa shape index (κ2) is 4.43. The van der Waals surface area contributed by atoms with E-state index in [0.717, 1.165) is 19.8 Å². The van der Waals surface area contributed by atoms with Gasteiger partial charge in [0.15, 0.2) is 0 Å². The monoisotopic (exact) mass is 255 g/mol. The van der Waals surface area contributed by atoms with E-state index in [0.29, 0.717) is 6.04 Å². The van der Waals surface area contributed by atoms with Gasteiger partial charge in [-0.1, -0.05) is 28.1 Å². The third kappa shape index (κ3) is 2.16. The van der Waals surface area contributed by atoms with Gasteiger partial charge >= 0.3 is 0 Å². The van der Waals surface area contributed by atoms with Crippen LogP contribution in [0.4, 0.5) is 0 Å². The van der Waals surface area contributed by atoms with Crippen molar-refractivity contribution >= 4 is 15.9 Å². The predicted molar refractivity (Wildman–Crippen MR) is 60.4 cm³/mol. The highest BCUT2D eigenvalue weighted by Gasteiger charge is 2.15. The van der Waals surface area contributed by atoms with Crippen LogP contribution in [0.15, 0.2) is 22.7 Å². The molecule has 1 heterocycles. The van der Waals surface area contributed by atoms with E-state index in [1.165, 1.54) is 15.6 Å². The number of hydrogen-bond donors (Lipinski definition) is 1. The van der Waals surface area contributed by atoms with E-state index >= 15 is 0 Å². The largest absolute Gasteiger partial charge is 0.378 e. The summed E-state index contributed by atoms with van der Waals surface area (Å²) in [7, 11) is 0. The standard InChI is InChI=1S/C11H14BrNO/c1-8-2-3-9(6-10(8)12)11-7-14-5-4-13-11/h2-3,6,11,13H,4-5,7H2,1H3. The molecule has 1 aromatic carbocycles. The first-order valence-electron chi connectivity index (χ1n) is 4.84. The van der Waals surface area contributed by atoms with Gasteiger partial charge in [-0.25, -0.2) is 0 Å².